The molecular formula is C26H27FN4O4S2. The number of sulfonamides is 1. The smallest absolute Gasteiger partial charge is 0.263 e. The molecule has 194 valence electrons. The highest BCUT2D eigenvalue weighted by Crippen LogP contribution is 2.35. The molecule has 1 saturated carbocycles. The van der Waals surface area contributed by atoms with Crippen LogP contribution in [0.1, 0.15) is 53.6 Å². The van der Waals surface area contributed by atoms with E-state index in [-0.39, 0.29) is 35.3 Å². The Morgan fingerprint density at radius 2 is 1.81 bits per heavy atom. The van der Waals surface area contributed by atoms with Crippen LogP contribution in [-0.2, 0) is 27.8 Å². The number of hydrogen-bond acceptors (Lipinski definition) is 6. The van der Waals surface area contributed by atoms with E-state index in [0.29, 0.717) is 42.6 Å². The Bertz CT molecular complexity index is 1400. The number of alkyl halides is 1. The summed E-state index contributed by atoms with van der Waals surface area (Å²) in [5.41, 5.74) is 0.690. The van der Waals surface area contributed by atoms with Crippen molar-refractivity contribution in [3.05, 3.63) is 70.7 Å². The average Bonchev–Trinajstić information content (AvgIpc) is 3.40. The molecule has 1 aromatic heterocycles. The van der Waals surface area contributed by atoms with E-state index in [1.807, 2.05) is 6.07 Å². The van der Waals surface area contributed by atoms with Crippen molar-refractivity contribution >= 4 is 44.0 Å². The van der Waals surface area contributed by atoms with Crippen molar-refractivity contribution in [1.82, 2.24) is 9.88 Å². The Morgan fingerprint density at radius 1 is 1.05 bits per heavy atom. The number of hydrogen-bond donors (Lipinski definition) is 2. The first-order valence-electron chi connectivity index (χ1n) is 12.2. The second-order valence-electron chi connectivity index (χ2n) is 9.37. The first kappa shape index (κ1) is 25.3. The Kier molecular flexibility index (Phi) is 7.00. The van der Waals surface area contributed by atoms with Crippen LogP contribution in [-0.4, -0.2) is 42.3 Å². The zero-order chi connectivity index (χ0) is 26.0. The Hall–Kier alpha value is -3.31. The maximum absolute atomic E-state index is 15.4. The summed E-state index contributed by atoms with van der Waals surface area (Å²) in [7, 11) is -3.80. The van der Waals surface area contributed by atoms with Gasteiger partial charge in [0, 0.05) is 35.9 Å². The number of carbonyl (C=O) groups is 2. The van der Waals surface area contributed by atoms with Gasteiger partial charge in [0.1, 0.15) is 0 Å². The topological polar surface area (TPSA) is 108 Å². The number of carbonyl (C=O) groups excluding carboxylic acids is 2. The molecule has 5 rings (SSSR count). The normalized spacial score (nSPS) is 17.1. The summed E-state index contributed by atoms with van der Waals surface area (Å²) in [5, 5.41) is 4.74. The average molecular weight is 543 g/mol. The molecule has 2 aromatic carbocycles. The highest BCUT2D eigenvalue weighted by Gasteiger charge is 2.43. The van der Waals surface area contributed by atoms with Gasteiger partial charge in [-0.25, -0.2) is 17.8 Å². The molecular weight excluding hydrogens is 515 g/mol. The first-order chi connectivity index (χ1) is 17.7. The number of fused-ring (bicyclic) bond motifs is 1. The molecule has 0 saturated heterocycles. The third-order valence-corrected chi connectivity index (χ3v) is 9.08. The number of amides is 2. The fraction of sp³-hybridized carbons (Fsp3) is 0.346. The van der Waals surface area contributed by atoms with Crippen LogP contribution in [0.15, 0.2) is 58.9 Å². The number of nitrogens with one attached hydrogen (secondary N) is 2. The molecule has 0 bridgehead atoms. The van der Waals surface area contributed by atoms with Crippen molar-refractivity contribution in [3.8, 4) is 0 Å². The van der Waals surface area contributed by atoms with Crippen molar-refractivity contribution in [3.63, 3.8) is 0 Å². The SMILES string of the molecule is O=C(Nc1ccc(S(=O)(=O)Nc2nccs2)cc1)c1cccc2c1CN(C(=O)C1(F)CCCCC1)CC2. The third-order valence-electron chi connectivity index (χ3n) is 6.91. The van der Waals surface area contributed by atoms with E-state index in [2.05, 4.69) is 15.0 Å². The summed E-state index contributed by atoms with van der Waals surface area (Å²) >= 11 is 1.17. The van der Waals surface area contributed by atoms with E-state index >= 15 is 4.39 Å². The summed E-state index contributed by atoms with van der Waals surface area (Å²) < 4.78 is 42.9. The van der Waals surface area contributed by atoms with Gasteiger partial charge in [-0.3, -0.25) is 14.3 Å². The lowest BCUT2D eigenvalue weighted by atomic mass is 9.84. The zero-order valence-electron chi connectivity index (χ0n) is 20.1. The van der Waals surface area contributed by atoms with Gasteiger partial charge >= 0.3 is 0 Å². The molecule has 0 spiro atoms. The predicted molar refractivity (Wildman–Crippen MR) is 140 cm³/mol. The van der Waals surface area contributed by atoms with Gasteiger partial charge in [0.2, 0.25) is 0 Å². The fourth-order valence-corrected chi connectivity index (χ4v) is 6.73. The Morgan fingerprint density at radius 3 is 2.51 bits per heavy atom. The van der Waals surface area contributed by atoms with Gasteiger partial charge in [-0.15, -0.1) is 11.3 Å². The van der Waals surface area contributed by atoms with Gasteiger partial charge in [0.25, 0.3) is 21.8 Å². The highest BCUT2D eigenvalue weighted by molar-refractivity contribution is 7.93. The Labute approximate surface area is 219 Å². The maximum Gasteiger partial charge on any atom is 0.263 e. The minimum absolute atomic E-state index is 0.0369. The number of halogens is 1. The van der Waals surface area contributed by atoms with Crippen molar-refractivity contribution in [2.75, 3.05) is 16.6 Å². The summed E-state index contributed by atoms with van der Waals surface area (Å²) in [6.45, 7) is 0.608. The molecule has 8 nitrogen and oxygen atoms in total. The summed E-state index contributed by atoms with van der Waals surface area (Å²) in [4.78, 5) is 31.8. The molecule has 37 heavy (non-hydrogen) atoms. The van der Waals surface area contributed by atoms with E-state index in [0.717, 1.165) is 12.0 Å². The lowest BCUT2D eigenvalue weighted by Gasteiger charge is -2.37. The monoisotopic (exact) mass is 542 g/mol. The van der Waals surface area contributed by atoms with Gasteiger partial charge in [-0.2, -0.15) is 0 Å². The minimum Gasteiger partial charge on any atom is -0.335 e. The summed E-state index contributed by atoms with van der Waals surface area (Å²) in [6, 6.07) is 11.2. The predicted octanol–water partition coefficient (Wildman–Crippen LogP) is 4.75. The van der Waals surface area contributed by atoms with Crippen LogP contribution >= 0.6 is 11.3 Å². The van der Waals surface area contributed by atoms with Crippen LogP contribution in [0.4, 0.5) is 15.2 Å². The molecule has 2 aliphatic rings. The van der Waals surface area contributed by atoms with Crippen LogP contribution in [0.25, 0.3) is 0 Å². The van der Waals surface area contributed by atoms with E-state index in [9.17, 15) is 18.0 Å². The first-order valence-corrected chi connectivity index (χ1v) is 14.5. The number of thiazole rings is 1. The quantitative estimate of drug-likeness (QED) is 0.467. The molecule has 1 aliphatic carbocycles. The molecule has 0 unspecified atom stereocenters. The van der Waals surface area contributed by atoms with E-state index in [4.69, 9.17) is 0 Å². The number of rotatable bonds is 6. The summed E-state index contributed by atoms with van der Waals surface area (Å²) in [5.74, 6) is -0.855. The standard InChI is InChI=1S/C26H27FN4O4S2/c27-26(12-2-1-3-13-26)24(33)31-15-11-18-5-4-6-21(22(18)17-31)23(32)29-19-7-9-20(10-8-19)37(34,35)30-25-28-14-16-36-25/h4-10,14,16H,1-3,11-13,15,17H2,(H,28,30)(H,29,32). The second-order valence-corrected chi connectivity index (χ2v) is 11.9. The van der Waals surface area contributed by atoms with E-state index in [1.165, 1.54) is 41.8 Å². The van der Waals surface area contributed by atoms with Crippen LogP contribution in [0, 0.1) is 0 Å². The largest absolute Gasteiger partial charge is 0.335 e. The minimum atomic E-state index is -3.80. The van der Waals surface area contributed by atoms with Crippen LogP contribution in [0.2, 0.25) is 0 Å². The number of anilines is 2. The van der Waals surface area contributed by atoms with Crippen LogP contribution < -0.4 is 10.0 Å². The molecule has 0 atom stereocenters. The molecule has 0 radical (unpaired) electrons. The number of nitrogens with zero attached hydrogens (tertiary/aromatic N) is 2. The van der Waals surface area contributed by atoms with Crippen molar-refractivity contribution in [2.45, 2.75) is 55.6 Å². The van der Waals surface area contributed by atoms with Crippen LogP contribution in [0.5, 0.6) is 0 Å². The zero-order valence-corrected chi connectivity index (χ0v) is 21.7. The van der Waals surface area contributed by atoms with Gasteiger partial charge in [-0.1, -0.05) is 18.6 Å². The van der Waals surface area contributed by atoms with E-state index < -0.39 is 21.6 Å². The van der Waals surface area contributed by atoms with Crippen molar-refractivity contribution in [1.29, 1.82) is 0 Å². The van der Waals surface area contributed by atoms with Gasteiger partial charge in [0.05, 0.1) is 4.90 Å². The fourth-order valence-electron chi connectivity index (χ4n) is 4.94. The van der Waals surface area contributed by atoms with Crippen molar-refractivity contribution in [2.24, 2.45) is 0 Å². The molecule has 2 amide bonds. The van der Waals surface area contributed by atoms with Gasteiger partial charge < -0.3 is 10.2 Å². The van der Waals surface area contributed by atoms with Crippen molar-refractivity contribution < 1.29 is 22.4 Å². The van der Waals surface area contributed by atoms with E-state index in [1.54, 1.807) is 22.4 Å². The lowest BCUT2D eigenvalue weighted by molar-refractivity contribution is -0.147. The maximum atomic E-state index is 15.4. The molecule has 3 aromatic rings. The molecule has 1 fully saturated rings. The lowest BCUT2D eigenvalue weighted by Crippen LogP contribution is -2.49. The number of benzene rings is 2. The number of aromatic nitrogens is 1. The van der Waals surface area contributed by atoms with Crippen LogP contribution in [0.3, 0.4) is 0 Å². The Balaban J connectivity index is 1.30. The third kappa shape index (κ3) is 5.37. The molecule has 2 N–H and O–H groups in total. The van der Waals surface area contributed by atoms with Gasteiger partial charge in [-0.05, 0) is 73.6 Å². The van der Waals surface area contributed by atoms with Gasteiger partial charge in [0.15, 0.2) is 10.8 Å². The summed E-state index contributed by atoms with van der Waals surface area (Å²) in [6.07, 6.45) is 4.93. The second kappa shape index (κ2) is 10.2. The molecule has 1 aliphatic heterocycles. The highest BCUT2D eigenvalue weighted by atomic mass is 32.2. The molecule has 11 heteroatoms. The molecule has 2 heterocycles.